The molecule has 0 bridgehead atoms. The molecule has 7 heteroatoms. The fourth-order valence-electron chi connectivity index (χ4n) is 1.69. The van der Waals surface area contributed by atoms with Crippen LogP contribution in [0.5, 0.6) is 0 Å². The van der Waals surface area contributed by atoms with Gasteiger partial charge in [-0.25, -0.2) is 9.18 Å². The SMILES string of the molecule is CC(=O)Nc1cc(C(=O)NC(C(=O)O)C(C)C)ccc1F. The molecule has 0 spiro atoms. The third-order valence-electron chi connectivity index (χ3n) is 2.76. The summed E-state index contributed by atoms with van der Waals surface area (Å²) < 4.78 is 13.5. The number of aliphatic carboxylic acids is 1. The van der Waals surface area contributed by atoms with Crippen LogP contribution >= 0.6 is 0 Å². The Balaban J connectivity index is 2.97. The molecule has 0 aliphatic carbocycles. The molecule has 0 radical (unpaired) electrons. The molecular weight excluding hydrogens is 279 g/mol. The first-order valence-electron chi connectivity index (χ1n) is 6.33. The smallest absolute Gasteiger partial charge is 0.326 e. The van der Waals surface area contributed by atoms with Crippen LogP contribution in [0.4, 0.5) is 10.1 Å². The lowest BCUT2D eigenvalue weighted by Gasteiger charge is -2.18. The second-order valence-electron chi connectivity index (χ2n) is 4.91. The number of rotatable bonds is 5. The number of anilines is 1. The molecule has 0 aromatic heterocycles. The Bertz CT molecular complexity index is 572. The number of hydrogen-bond acceptors (Lipinski definition) is 3. The standard InChI is InChI=1S/C14H17FN2O4/c1-7(2)12(14(20)21)17-13(19)9-4-5-10(15)11(6-9)16-8(3)18/h4-7,12H,1-3H3,(H,16,18)(H,17,19)(H,20,21). The predicted octanol–water partition coefficient (Wildman–Crippen LogP) is 1.62. The Hall–Kier alpha value is -2.44. The van der Waals surface area contributed by atoms with E-state index in [0.717, 1.165) is 12.1 Å². The predicted molar refractivity (Wildman–Crippen MR) is 74.4 cm³/mol. The van der Waals surface area contributed by atoms with Crippen LogP contribution in [0.15, 0.2) is 18.2 Å². The largest absolute Gasteiger partial charge is 0.480 e. The zero-order chi connectivity index (χ0) is 16.2. The lowest BCUT2D eigenvalue weighted by atomic mass is 10.0. The molecule has 1 rings (SSSR count). The van der Waals surface area contributed by atoms with Crippen LogP contribution in [0.1, 0.15) is 31.1 Å². The van der Waals surface area contributed by atoms with Crippen LogP contribution in [0.25, 0.3) is 0 Å². The van der Waals surface area contributed by atoms with Crippen molar-refractivity contribution in [3.05, 3.63) is 29.6 Å². The lowest BCUT2D eigenvalue weighted by molar-refractivity contribution is -0.140. The van der Waals surface area contributed by atoms with Crippen molar-refractivity contribution < 1.29 is 23.9 Å². The molecule has 0 aliphatic rings. The van der Waals surface area contributed by atoms with Gasteiger partial charge in [-0.05, 0) is 24.1 Å². The Kier molecular flexibility index (Phi) is 5.40. The van der Waals surface area contributed by atoms with Crippen LogP contribution in [0, 0.1) is 11.7 Å². The van der Waals surface area contributed by atoms with Crippen molar-refractivity contribution in [2.75, 3.05) is 5.32 Å². The summed E-state index contributed by atoms with van der Waals surface area (Å²) in [7, 11) is 0. The van der Waals surface area contributed by atoms with Crippen molar-refractivity contribution in [2.45, 2.75) is 26.8 Å². The van der Waals surface area contributed by atoms with Gasteiger partial charge in [-0.1, -0.05) is 13.8 Å². The van der Waals surface area contributed by atoms with Gasteiger partial charge in [0, 0.05) is 12.5 Å². The van der Waals surface area contributed by atoms with E-state index >= 15 is 0 Å². The van der Waals surface area contributed by atoms with E-state index in [2.05, 4.69) is 10.6 Å². The minimum absolute atomic E-state index is 0.0621. The van der Waals surface area contributed by atoms with Gasteiger partial charge in [-0.3, -0.25) is 9.59 Å². The maximum atomic E-state index is 13.5. The van der Waals surface area contributed by atoms with E-state index in [-0.39, 0.29) is 17.2 Å². The summed E-state index contributed by atoms with van der Waals surface area (Å²) in [6.45, 7) is 4.53. The molecule has 0 heterocycles. The van der Waals surface area contributed by atoms with Crippen molar-refractivity contribution in [2.24, 2.45) is 5.92 Å². The topological polar surface area (TPSA) is 95.5 Å². The van der Waals surface area contributed by atoms with Gasteiger partial charge in [0.25, 0.3) is 5.91 Å². The monoisotopic (exact) mass is 296 g/mol. The normalized spacial score (nSPS) is 11.9. The van der Waals surface area contributed by atoms with Crippen molar-refractivity contribution in [3.8, 4) is 0 Å². The summed E-state index contributed by atoms with van der Waals surface area (Å²) in [6, 6.07) is 2.36. The molecule has 6 nitrogen and oxygen atoms in total. The molecule has 114 valence electrons. The minimum Gasteiger partial charge on any atom is -0.480 e. The van der Waals surface area contributed by atoms with E-state index in [1.165, 1.54) is 13.0 Å². The number of hydrogen-bond donors (Lipinski definition) is 3. The van der Waals surface area contributed by atoms with Crippen molar-refractivity contribution >= 4 is 23.5 Å². The molecular formula is C14H17FN2O4. The molecule has 0 saturated heterocycles. The quantitative estimate of drug-likeness (QED) is 0.769. The number of carboxylic acid groups (broad SMARTS) is 1. The highest BCUT2D eigenvalue weighted by Gasteiger charge is 2.24. The number of carbonyl (C=O) groups excluding carboxylic acids is 2. The van der Waals surface area contributed by atoms with E-state index in [0.29, 0.717) is 0 Å². The first-order chi connectivity index (χ1) is 9.72. The van der Waals surface area contributed by atoms with E-state index < -0.39 is 29.6 Å². The fourth-order valence-corrected chi connectivity index (χ4v) is 1.69. The average Bonchev–Trinajstić information content (AvgIpc) is 2.36. The number of halogens is 1. The van der Waals surface area contributed by atoms with Gasteiger partial charge >= 0.3 is 5.97 Å². The van der Waals surface area contributed by atoms with Crippen LogP contribution in [-0.2, 0) is 9.59 Å². The van der Waals surface area contributed by atoms with Gasteiger partial charge in [0.1, 0.15) is 11.9 Å². The third-order valence-corrected chi connectivity index (χ3v) is 2.76. The van der Waals surface area contributed by atoms with Crippen LogP contribution in [0.2, 0.25) is 0 Å². The zero-order valence-corrected chi connectivity index (χ0v) is 11.9. The van der Waals surface area contributed by atoms with Gasteiger partial charge < -0.3 is 15.7 Å². The molecule has 1 atom stereocenters. The van der Waals surface area contributed by atoms with Gasteiger partial charge in [-0.2, -0.15) is 0 Å². The number of carbonyl (C=O) groups is 3. The number of nitrogens with one attached hydrogen (secondary N) is 2. The number of benzene rings is 1. The third kappa shape index (κ3) is 4.55. The van der Waals surface area contributed by atoms with Crippen molar-refractivity contribution in [3.63, 3.8) is 0 Å². The summed E-state index contributed by atoms with van der Waals surface area (Å²) in [5, 5.41) is 13.6. The average molecular weight is 296 g/mol. The van der Waals surface area contributed by atoms with Gasteiger partial charge in [0.05, 0.1) is 5.69 Å². The molecule has 21 heavy (non-hydrogen) atoms. The van der Waals surface area contributed by atoms with E-state index in [1.807, 2.05) is 0 Å². The highest BCUT2D eigenvalue weighted by Crippen LogP contribution is 2.16. The van der Waals surface area contributed by atoms with Crippen molar-refractivity contribution in [1.82, 2.24) is 5.32 Å². The molecule has 0 saturated carbocycles. The Morgan fingerprint density at radius 3 is 2.33 bits per heavy atom. The summed E-state index contributed by atoms with van der Waals surface area (Å²) in [5.74, 6) is -3.26. The first-order valence-corrected chi connectivity index (χ1v) is 6.33. The highest BCUT2D eigenvalue weighted by atomic mass is 19.1. The van der Waals surface area contributed by atoms with Gasteiger partial charge in [0.15, 0.2) is 0 Å². The van der Waals surface area contributed by atoms with Crippen LogP contribution in [0.3, 0.4) is 0 Å². The summed E-state index contributed by atoms with van der Waals surface area (Å²) in [5.41, 5.74) is -0.0707. The number of carboxylic acids is 1. The maximum absolute atomic E-state index is 13.5. The fraction of sp³-hybridized carbons (Fsp3) is 0.357. The molecule has 1 aromatic carbocycles. The van der Waals surface area contributed by atoms with Crippen molar-refractivity contribution in [1.29, 1.82) is 0 Å². The van der Waals surface area contributed by atoms with E-state index in [4.69, 9.17) is 5.11 Å². The highest BCUT2D eigenvalue weighted by molar-refractivity contribution is 5.98. The summed E-state index contributed by atoms with van der Waals surface area (Å²) >= 11 is 0. The summed E-state index contributed by atoms with van der Waals surface area (Å²) in [4.78, 5) is 34.0. The molecule has 1 unspecified atom stereocenters. The Labute approximate surface area is 121 Å². The lowest BCUT2D eigenvalue weighted by Crippen LogP contribution is -2.44. The van der Waals surface area contributed by atoms with Gasteiger partial charge in [0.2, 0.25) is 5.91 Å². The molecule has 0 fully saturated rings. The first kappa shape index (κ1) is 16.6. The van der Waals surface area contributed by atoms with Crippen LogP contribution in [-0.4, -0.2) is 28.9 Å². The van der Waals surface area contributed by atoms with Crippen LogP contribution < -0.4 is 10.6 Å². The van der Waals surface area contributed by atoms with Gasteiger partial charge in [-0.15, -0.1) is 0 Å². The zero-order valence-electron chi connectivity index (χ0n) is 11.9. The minimum atomic E-state index is -1.15. The second kappa shape index (κ2) is 6.83. The maximum Gasteiger partial charge on any atom is 0.326 e. The van der Waals surface area contributed by atoms with E-state index in [9.17, 15) is 18.8 Å². The summed E-state index contributed by atoms with van der Waals surface area (Å²) in [6.07, 6.45) is 0. The Morgan fingerprint density at radius 2 is 1.86 bits per heavy atom. The second-order valence-corrected chi connectivity index (χ2v) is 4.91. The molecule has 3 N–H and O–H groups in total. The molecule has 2 amide bonds. The van der Waals surface area contributed by atoms with E-state index in [1.54, 1.807) is 13.8 Å². The molecule has 1 aromatic rings. The Morgan fingerprint density at radius 1 is 1.24 bits per heavy atom. The number of amides is 2. The molecule has 0 aliphatic heterocycles.